The zero-order valence-electron chi connectivity index (χ0n) is 9.64. The smallest absolute Gasteiger partial charge is 0.276 e. The summed E-state index contributed by atoms with van der Waals surface area (Å²) >= 11 is 0. The fourth-order valence-corrected chi connectivity index (χ4v) is 1.23. The topological polar surface area (TPSA) is 63.8 Å². The van der Waals surface area contributed by atoms with Crippen LogP contribution in [0, 0.1) is 5.82 Å². The SMILES string of the molecule is CC(C)NCc1noc(-c2ccc(F)cn2)n1. The Labute approximate surface area is 98.1 Å². The first-order valence-corrected chi connectivity index (χ1v) is 5.33. The quantitative estimate of drug-likeness (QED) is 0.876. The molecule has 0 radical (unpaired) electrons. The van der Waals surface area contributed by atoms with Gasteiger partial charge in [0, 0.05) is 6.04 Å². The van der Waals surface area contributed by atoms with E-state index < -0.39 is 5.82 Å². The number of nitrogens with zero attached hydrogens (tertiary/aromatic N) is 3. The molecule has 0 unspecified atom stereocenters. The van der Waals surface area contributed by atoms with Gasteiger partial charge in [0.05, 0.1) is 12.7 Å². The molecular formula is C11H13FN4O. The molecule has 0 saturated heterocycles. The van der Waals surface area contributed by atoms with E-state index in [1.54, 1.807) is 0 Å². The Balaban J connectivity index is 2.10. The second-order valence-corrected chi connectivity index (χ2v) is 3.91. The van der Waals surface area contributed by atoms with Gasteiger partial charge in [-0.1, -0.05) is 19.0 Å². The minimum atomic E-state index is -0.394. The number of hydrogen-bond donors (Lipinski definition) is 1. The van der Waals surface area contributed by atoms with Crippen molar-refractivity contribution in [1.82, 2.24) is 20.4 Å². The standard InChI is InChI=1S/C11H13FN4O/c1-7(2)13-6-10-15-11(17-16-10)9-4-3-8(12)5-14-9/h3-5,7,13H,6H2,1-2H3. The van der Waals surface area contributed by atoms with Gasteiger partial charge in [-0.05, 0) is 12.1 Å². The molecule has 5 nitrogen and oxygen atoms in total. The molecular weight excluding hydrogens is 223 g/mol. The van der Waals surface area contributed by atoms with Crippen molar-refractivity contribution < 1.29 is 8.91 Å². The highest BCUT2D eigenvalue weighted by molar-refractivity contribution is 5.45. The maximum atomic E-state index is 12.7. The maximum Gasteiger partial charge on any atom is 0.276 e. The molecule has 90 valence electrons. The first-order chi connectivity index (χ1) is 8.15. The van der Waals surface area contributed by atoms with Crippen molar-refractivity contribution in [3.05, 3.63) is 30.0 Å². The van der Waals surface area contributed by atoms with Crippen molar-refractivity contribution in [1.29, 1.82) is 0 Å². The molecule has 17 heavy (non-hydrogen) atoms. The molecule has 0 aliphatic rings. The lowest BCUT2D eigenvalue weighted by molar-refractivity contribution is 0.416. The van der Waals surface area contributed by atoms with Gasteiger partial charge in [0.2, 0.25) is 0 Å². The van der Waals surface area contributed by atoms with Crippen LogP contribution in [0.3, 0.4) is 0 Å². The normalized spacial score (nSPS) is 11.1. The minimum Gasteiger partial charge on any atom is -0.332 e. The number of halogens is 1. The van der Waals surface area contributed by atoms with Gasteiger partial charge in [-0.25, -0.2) is 9.37 Å². The Morgan fingerprint density at radius 2 is 2.24 bits per heavy atom. The Morgan fingerprint density at radius 1 is 1.41 bits per heavy atom. The third-order valence-corrected chi connectivity index (χ3v) is 2.08. The highest BCUT2D eigenvalue weighted by Gasteiger charge is 2.10. The van der Waals surface area contributed by atoms with Gasteiger partial charge in [-0.3, -0.25) is 0 Å². The molecule has 0 aromatic carbocycles. The van der Waals surface area contributed by atoms with Crippen LogP contribution >= 0.6 is 0 Å². The Morgan fingerprint density at radius 3 is 2.88 bits per heavy atom. The molecule has 1 N–H and O–H groups in total. The summed E-state index contributed by atoms with van der Waals surface area (Å²) in [5, 5.41) is 6.97. The Bertz CT molecular complexity index is 480. The number of rotatable bonds is 4. The second kappa shape index (κ2) is 5.01. The summed E-state index contributed by atoms with van der Waals surface area (Å²) in [6.07, 6.45) is 1.12. The van der Waals surface area contributed by atoms with Gasteiger partial charge in [-0.2, -0.15) is 4.98 Å². The number of nitrogens with one attached hydrogen (secondary N) is 1. The molecule has 0 spiro atoms. The van der Waals surface area contributed by atoms with Crippen molar-refractivity contribution in [3.63, 3.8) is 0 Å². The highest BCUT2D eigenvalue weighted by atomic mass is 19.1. The summed E-state index contributed by atoms with van der Waals surface area (Å²) in [6.45, 7) is 4.59. The highest BCUT2D eigenvalue weighted by Crippen LogP contribution is 2.14. The molecule has 0 atom stereocenters. The lowest BCUT2D eigenvalue weighted by Gasteiger charge is -2.03. The van der Waals surface area contributed by atoms with E-state index in [1.165, 1.54) is 12.1 Å². The van der Waals surface area contributed by atoms with Crippen molar-refractivity contribution in [3.8, 4) is 11.6 Å². The van der Waals surface area contributed by atoms with E-state index in [-0.39, 0.29) is 0 Å². The summed E-state index contributed by atoms with van der Waals surface area (Å²) in [7, 11) is 0. The van der Waals surface area contributed by atoms with E-state index in [9.17, 15) is 4.39 Å². The van der Waals surface area contributed by atoms with Gasteiger partial charge in [0.15, 0.2) is 5.82 Å². The fraction of sp³-hybridized carbons (Fsp3) is 0.364. The zero-order valence-corrected chi connectivity index (χ0v) is 9.64. The molecule has 6 heteroatoms. The van der Waals surface area contributed by atoms with Crippen LogP contribution in [0.15, 0.2) is 22.9 Å². The molecule has 2 heterocycles. The second-order valence-electron chi connectivity index (χ2n) is 3.91. The van der Waals surface area contributed by atoms with Gasteiger partial charge < -0.3 is 9.84 Å². The van der Waals surface area contributed by atoms with Gasteiger partial charge in [0.25, 0.3) is 5.89 Å². The van der Waals surface area contributed by atoms with Crippen LogP contribution in [0.4, 0.5) is 4.39 Å². The van der Waals surface area contributed by atoms with Crippen molar-refractivity contribution in [2.75, 3.05) is 0 Å². The molecule has 0 saturated carbocycles. The van der Waals surface area contributed by atoms with E-state index in [1.807, 2.05) is 13.8 Å². The molecule has 0 fully saturated rings. The van der Waals surface area contributed by atoms with E-state index in [2.05, 4.69) is 20.4 Å². The van der Waals surface area contributed by atoms with Crippen LogP contribution in [-0.4, -0.2) is 21.2 Å². The van der Waals surface area contributed by atoms with Gasteiger partial charge >= 0.3 is 0 Å². The molecule has 2 rings (SSSR count). The summed E-state index contributed by atoms with van der Waals surface area (Å²) in [5.41, 5.74) is 0.467. The molecule has 0 aliphatic carbocycles. The number of pyridine rings is 1. The molecule has 2 aromatic heterocycles. The van der Waals surface area contributed by atoms with Crippen LogP contribution < -0.4 is 5.32 Å². The Kier molecular flexibility index (Phi) is 3.43. The van der Waals surface area contributed by atoms with Crippen LogP contribution in [-0.2, 0) is 6.54 Å². The van der Waals surface area contributed by atoms with E-state index in [0.717, 1.165) is 6.20 Å². The molecule has 0 bridgehead atoms. The van der Waals surface area contributed by atoms with Crippen LogP contribution in [0.1, 0.15) is 19.7 Å². The third-order valence-electron chi connectivity index (χ3n) is 2.08. The maximum absolute atomic E-state index is 12.7. The fourth-order valence-electron chi connectivity index (χ4n) is 1.23. The lowest BCUT2D eigenvalue weighted by atomic mass is 10.3. The average molecular weight is 236 g/mol. The van der Waals surface area contributed by atoms with Crippen LogP contribution in [0.25, 0.3) is 11.6 Å². The van der Waals surface area contributed by atoms with E-state index in [4.69, 9.17) is 4.52 Å². The summed E-state index contributed by atoms with van der Waals surface area (Å²) in [4.78, 5) is 8.02. The third kappa shape index (κ3) is 3.07. The summed E-state index contributed by atoms with van der Waals surface area (Å²) in [6, 6.07) is 3.15. The monoisotopic (exact) mass is 236 g/mol. The average Bonchev–Trinajstić information content (AvgIpc) is 2.76. The number of hydrogen-bond acceptors (Lipinski definition) is 5. The van der Waals surface area contributed by atoms with E-state index in [0.29, 0.717) is 30.0 Å². The van der Waals surface area contributed by atoms with Gasteiger partial charge in [0.1, 0.15) is 11.5 Å². The first kappa shape index (κ1) is 11.7. The summed E-state index contributed by atoms with van der Waals surface area (Å²) in [5.74, 6) is 0.459. The summed E-state index contributed by atoms with van der Waals surface area (Å²) < 4.78 is 17.7. The molecule has 2 aromatic rings. The van der Waals surface area contributed by atoms with Crippen molar-refractivity contribution in [2.24, 2.45) is 0 Å². The lowest BCUT2D eigenvalue weighted by Crippen LogP contribution is -2.22. The van der Waals surface area contributed by atoms with Crippen molar-refractivity contribution >= 4 is 0 Å². The Hall–Kier alpha value is -1.82. The van der Waals surface area contributed by atoms with Crippen molar-refractivity contribution in [2.45, 2.75) is 26.4 Å². The molecule has 0 aliphatic heterocycles. The van der Waals surface area contributed by atoms with E-state index >= 15 is 0 Å². The predicted molar refractivity (Wildman–Crippen MR) is 59.5 cm³/mol. The first-order valence-electron chi connectivity index (χ1n) is 5.33. The predicted octanol–water partition coefficient (Wildman–Crippen LogP) is 1.77. The van der Waals surface area contributed by atoms with Crippen LogP contribution in [0.5, 0.6) is 0 Å². The van der Waals surface area contributed by atoms with Crippen LogP contribution in [0.2, 0.25) is 0 Å². The minimum absolute atomic E-state index is 0.297. The largest absolute Gasteiger partial charge is 0.332 e. The number of aromatic nitrogens is 3. The zero-order chi connectivity index (χ0) is 12.3. The molecule has 0 amide bonds. The van der Waals surface area contributed by atoms with Gasteiger partial charge in [-0.15, -0.1) is 0 Å².